The van der Waals surface area contributed by atoms with Crippen molar-refractivity contribution in [2.24, 2.45) is 0 Å². The number of hydrogen-bond acceptors (Lipinski definition) is 6. The molecule has 0 aliphatic rings. The summed E-state index contributed by atoms with van der Waals surface area (Å²) in [6.45, 7) is 2.24. The van der Waals surface area contributed by atoms with Crippen molar-refractivity contribution in [2.75, 3.05) is 37.4 Å². The first-order chi connectivity index (χ1) is 15.7. The molecule has 4 N–H and O–H groups in total. The average molecular weight is 467 g/mol. The van der Waals surface area contributed by atoms with E-state index in [1.54, 1.807) is 0 Å². The van der Waals surface area contributed by atoms with Gasteiger partial charge in [-0.25, -0.2) is 13.6 Å². The van der Waals surface area contributed by atoms with E-state index in [-0.39, 0.29) is 56.2 Å². The maximum Gasteiger partial charge on any atom is 0.330 e. The van der Waals surface area contributed by atoms with Crippen LogP contribution in [0.1, 0.15) is 36.5 Å². The van der Waals surface area contributed by atoms with Gasteiger partial charge in [0, 0.05) is 39.2 Å². The lowest BCUT2D eigenvalue weighted by Gasteiger charge is -2.24. The lowest BCUT2D eigenvalue weighted by atomic mass is 10.2. The highest BCUT2D eigenvalue weighted by Gasteiger charge is 2.24. The van der Waals surface area contributed by atoms with Gasteiger partial charge in [0.1, 0.15) is 17.5 Å². The number of carbonyl (C=O) groups is 2. The molecular weight excluding hydrogens is 440 g/mol. The average Bonchev–Trinajstić information content (AvgIpc) is 2.76. The fourth-order valence-corrected chi connectivity index (χ4v) is 3.17. The molecule has 0 aliphatic heterocycles. The van der Waals surface area contributed by atoms with Crippen molar-refractivity contribution in [2.45, 2.75) is 32.7 Å². The van der Waals surface area contributed by atoms with Gasteiger partial charge < -0.3 is 20.7 Å². The van der Waals surface area contributed by atoms with Crippen LogP contribution in [-0.4, -0.2) is 48.2 Å². The first-order valence-electron chi connectivity index (χ1n) is 10.4. The number of ether oxygens (including phenoxy) is 1. The largest absolute Gasteiger partial charge is 0.383 e. The highest BCUT2D eigenvalue weighted by atomic mass is 19.1. The van der Waals surface area contributed by atoms with E-state index >= 15 is 0 Å². The number of amides is 2. The molecular formula is C21H27F2N5O5. The van der Waals surface area contributed by atoms with Crippen LogP contribution < -0.4 is 27.2 Å². The third kappa shape index (κ3) is 6.48. The zero-order valence-electron chi connectivity index (χ0n) is 18.5. The summed E-state index contributed by atoms with van der Waals surface area (Å²) in [5.41, 5.74) is 4.12. The minimum Gasteiger partial charge on any atom is -0.383 e. The molecule has 0 fully saturated rings. The molecule has 1 aromatic heterocycles. The molecule has 1 aromatic carbocycles. The predicted molar refractivity (Wildman–Crippen MR) is 118 cm³/mol. The normalized spacial score (nSPS) is 10.8. The Morgan fingerprint density at radius 1 is 1.27 bits per heavy atom. The fourth-order valence-electron chi connectivity index (χ4n) is 3.17. The lowest BCUT2D eigenvalue weighted by Crippen LogP contribution is -2.42. The van der Waals surface area contributed by atoms with Crippen molar-refractivity contribution in [3.05, 3.63) is 56.2 Å². The summed E-state index contributed by atoms with van der Waals surface area (Å²) in [5, 5.41) is 2.46. The Labute approximate surface area is 188 Å². The number of rotatable bonds is 11. The number of benzene rings is 1. The first-order valence-corrected chi connectivity index (χ1v) is 10.4. The van der Waals surface area contributed by atoms with Crippen molar-refractivity contribution in [1.29, 1.82) is 0 Å². The Morgan fingerprint density at radius 3 is 2.64 bits per heavy atom. The van der Waals surface area contributed by atoms with Crippen LogP contribution in [0.15, 0.2) is 27.8 Å². The second kappa shape index (κ2) is 11.9. The summed E-state index contributed by atoms with van der Waals surface area (Å²) in [4.78, 5) is 52.8. The van der Waals surface area contributed by atoms with Gasteiger partial charge in [-0.15, -0.1) is 0 Å². The van der Waals surface area contributed by atoms with Gasteiger partial charge in [0.25, 0.3) is 11.5 Å². The minimum atomic E-state index is -0.994. The SMILES string of the molecule is CCCn1c(N)c(N(CCOC)C(=O)CCCNC(=O)c2ccc(F)cc2F)c(=O)[nH]c1=O. The molecule has 10 nitrogen and oxygen atoms in total. The molecule has 0 atom stereocenters. The molecule has 12 heteroatoms. The van der Waals surface area contributed by atoms with Crippen LogP contribution in [0, 0.1) is 11.6 Å². The number of hydrogen-bond donors (Lipinski definition) is 3. The second-order valence-electron chi connectivity index (χ2n) is 7.17. The lowest BCUT2D eigenvalue weighted by molar-refractivity contribution is -0.118. The number of aromatic nitrogens is 2. The monoisotopic (exact) mass is 467 g/mol. The third-order valence-electron chi connectivity index (χ3n) is 4.78. The highest BCUT2D eigenvalue weighted by Crippen LogP contribution is 2.18. The summed E-state index contributed by atoms with van der Waals surface area (Å²) >= 11 is 0. The van der Waals surface area contributed by atoms with Gasteiger partial charge in [0.05, 0.1) is 12.2 Å². The molecule has 2 rings (SSSR count). The molecule has 2 aromatic rings. The van der Waals surface area contributed by atoms with Crippen LogP contribution in [-0.2, 0) is 16.1 Å². The zero-order chi connectivity index (χ0) is 24.5. The summed E-state index contributed by atoms with van der Waals surface area (Å²) in [6, 6.07) is 2.60. The van der Waals surface area contributed by atoms with Crippen molar-refractivity contribution < 1.29 is 23.1 Å². The second-order valence-corrected chi connectivity index (χ2v) is 7.17. The number of nitrogen functional groups attached to an aromatic ring is 1. The Hall–Kier alpha value is -3.54. The van der Waals surface area contributed by atoms with Crippen molar-refractivity contribution >= 4 is 23.3 Å². The summed E-state index contributed by atoms with van der Waals surface area (Å²) in [5.74, 6) is -3.15. The van der Waals surface area contributed by atoms with Gasteiger partial charge in [-0.05, 0) is 25.0 Å². The molecule has 0 saturated heterocycles. The first kappa shape index (κ1) is 25.7. The van der Waals surface area contributed by atoms with Gasteiger partial charge in [-0.3, -0.25) is 23.9 Å². The molecule has 2 amide bonds. The summed E-state index contributed by atoms with van der Waals surface area (Å²) in [6.07, 6.45) is 0.668. The van der Waals surface area contributed by atoms with E-state index in [1.165, 1.54) is 11.7 Å². The molecule has 180 valence electrons. The zero-order valence-corrected chi connectivity index (χ0v) is 18.5. The number of carbonyl (C=O) groups excluding carboxylic acids is 2. The van der Waals surface area contributed by atoms with E-state index in [0.29, 0.717) is 12.5 Å². The molecule has 0 spiro atoms. The number of halogens is 2. The van der Waals surface area contributed by atoms with Crippen molar-refractivity contribution in [3.63, 3.8) is 0 Å². The van der Waals surface area contributed by atoms with Crippen LogP contribution in [0.5, 0.6) is 0 Å². The summed E-state index contributed by atoms with van der Waals surface area (Å²) in [7, 11) is 1.43. The van der Waals surface area contributed by atoms with Gasteiger partial charge in [-0.1, -0.05) is 6.92 Å². The fraction of sp³-hybridized carbons (Fsp3) is 0.429. The smallest absolute Gasteiger partial charge is 0.330 e. The van der Waals surface area contributed by atoms with Crippen LogP contribution >= 0.6 is 0 Å². The Morgan fingerprint density at radius 2 is 2.00 bits per heavy atom. The standard InChI is InChI=1S/C21H27F2N5O5/c1-3-9-28-18(24)17(20(31)26-21(28)32)27(10-11-33-2)16(29)5-4-8-25-19(30)14-7-6-13(22)12-15(14)23/h6-7,12H,3-5,8-11,24H2,1-2H3,(H,25,30)(H,26,31,32). The quantitative estimate of drug-likeness (QED) is 0.421. The van der Waals surface area contributed by atoms with Crippen LogP contribution in [0.25, 0.3) is 0 Å². The van der Waals surface area contributed by atoms with Gasteiger partial charge in [0.2, 0.25) is 5.91 Å². The third-order valence-corrected chi connectivity index (χ3v) is 4.78. The predicted octanol–water partition coefficient (Wildman–Crippen LogP) is 0.997. The van der Waals surface area contributed by atoms with E-state index in [9.17, 15) is 28.0 Å². The van der Waals surface area contributed by atoms with E-state index in [4.69, 9.17) is 10.5 Å². The number of methoxy groups -OCH3 is 1. The van der Waals surface area contributed by atoms with Crippen molar-refractivity contribution in [1.82, 2.24) is 14.9 Å². The molecule has 1 heterocycles. The number of nitrogens with two attached hydrogens (primary N) is 1. The maximum absolute atomic E-state index is 13.7. The van der Waals surface area contributed by atoms with Gasteiger partial charge in [0.15, 0.2) is 5.69 Å². The Kier molecular flexibility index (Phi) is 9.28. The van der Waals surface area contributed by atoms with E-state index in [1.807, 2.05) is 6.92 Å². The van der Waals surface area contributed by atoms with Gasteiger partial charge in [-0.2, -0.15) is 0 Å². The Balaban J connectivity index is 2.11. The molecule has 0 unspecified atom stereocenters. The number of H-pyrrole nitrogens is 1. The van der Waals surface area contributed by atoms with E-state index in [2.05, 4.69) is 10.3 Å². The number of anilines is 2. The molecule has 0 radical (unpaired) electrons. The topological polar surface area (TPSA) is 140 Å². The molecule has 0 bridgehead atoms. The van der Waals surface area contributed by atoms with Crippen LogP contribution in [0.4, 0.5) is 20.3 Å². The minimum absolute atomic E-state index is 0.0140. The van der Waals surface area contributed by atoms with Gasteiger partial charge >= 0.3 is 5.69 Å². The van der Waals surface area contributed by atoms with Crippen LogP contribution in [0.3, 0.4) is 0 Å². The number of aromatic amines is 1. The van der Waals surface area contributed by atoms with Crippen molar-refractivity contribution in [3.8, 4) is 0 Å². The van der Waals surface area contributed by atoms with E-state index in [0.717, 1.165) is 17.0 Å². The highest BCUT2D eigenvalue weighted by molar-refractivity contribution is 5.96. The number of nitrogens with one attached hydrogen (secondary N) is 2. The summed E-state index contributed by atoms with van der Waals surface area (Å²) < 4.78 is 32.9. The molecule has 0 saturated carbocycles. The maximum atomic E-state index is 13.7. The Bertz CT molecular complexity index is 1120. The van der Waals surface area contributed by atoms with Crippen LogP contribution in [0.2, 0.25) is 0 Å². The molecule has 33 heavy (non-hydrogen) atoms. The molecule has 0 aliphatic carbocycles. The van der Waals surface area contributed by atoms with E-state index < -0.39 is 34.7 Å². The number of nitrogens with zero attached hydrogens (tertiary/aromatic N) is 2.